The summed E-state index contributed by atoms with van der Waals surface area (Å²) in [5.74, 6) is 0. The van der Waals surface area contributed by atoms with Gasteiger partial charge >= 0.3 is 0 Å². The number of allylic oxidation sites excluding steroid dienone is 1. The van der Waals surface area contributed by atoms with Gasteiger partial charge in [0.25, 0.3) is 0 Å². The lowest BCUT2D eigenvalue weighted by atomic mass is 9.97. The van der Waals surface area contributed by atoms with E-state index in [2.05, 4.69) is 34.6 Å². The minimum atomic E-state index is 0.461. The Morgan fingerprint density at radius 2 is 2.09 bits per heavy atom. The molecular weight excluding hydrogens is 272 g/mol. The highest BCUT2D eigenvalue weighted by Crippen LogP contribution is 2.26. The van der Waals surface area contributed by atoms with Crippen LogP contribution >= 0.6 is 0 Å². The van der Waals surface area contributed by atoms with Crippen LogP contribution in [0.5, 0.6) is 0 Å². The first-order valence-electron chi connectivity index (χ1n) is 6.96. The summed E-state index contributed by atoms with van der Waals surface area (Å²) in [5.41, 5.74) is 5.84. The standard InChI is InChI=1S/C18H18N4/c1-12-4-5-13(2)17(6-12)15-7-14(8-19)18(22-11-15)16(9-20)10-21-3/h4-7,9-11,20-21H,1-3H3/b16-10+,20-9?. The zero-order chi connectivity index (χ0) is 16.1. The van der Waals surface area contributed by atoms with Gasteiger partial charge in [0.1, 0.15) is 6.07 Å². The van der Waals surface area contributed by atoms with E-state index in [0.717, 1.165) is 16.7 Å². The number of hydrogen-bond donors (Lipinski definition) is 2. The highest BCUT2D eigenvalue weighted by atomic mass is 14.8. The van der Waals surface area contributed by atoms with Crippen molar-refractivity contribution in [1.82, 2.24) is 10.3 Å². The molecule has 0 atom stereocenters. The number of hydrogen-bond acceptors (Lipinski definition) is 4. The average molecular weight is 290 g/mol. The van der Waals surface area contributed by atoms with Gasteiger partial charge in [-0.3, -0.25) is 4.98 Å². The molecule has 0 amide bonds. The molecule has 0 saturated carbocycles. The minimum Gasteiger partial charge on any atom is -0.393 e. The van der Waals surface area contributed by atoms with Gasteiger partial charge in [-0.05, 0) is 31.0 Å². The Bertz CT molecular complexity index is 782. The Labute approximate surface area is 130 Å². The van der Waals surface area contributed by atoms with E-state index in [1.807, 2.05) is 19.9 Å². The highest BCUT2D eigenvalue weighted by Gasteiger charge is 2.11. The Morgan fingerprint density at radius 1 is 1.32 bits per heavy atom. The van der Waals surface area contributed by atoms with E-state index in [-0.39, 0.29) is 0 Å². The maximum absolute atomic E-state index is 9.41. The molecule has 0 saturated heterocycles. The van der Waals surface area contributed by atoms with Crippen molar-refractivity contribution in [3.63, 3.8) is 0 Å². The monoisotopic (exact) mass is 290 g/mol. The molecule has 4 nitrogen and oxygen atoms in total. The van der Waals surface area contributed by atoms with E-state index in [0.29, 0.717) is 16.8 Å². The molecule has 22 heavy (non-hydrogen) atoms. The predicted molar refractivity (Wildman–Crippen MR) is 89.7 cm³/mol. The van der Waals surface area contributed by atoms with Crippen LogP contribution in [0.1, 0.15) is 22.4 Å². The Kier molecular flexibility index (Phi) is 4.70. The number of rotatable bonds is 4. The molecule has 1 aromatic carbocycles. The van der Waals surface area contributed by atoms with E-state index in [4.69, 9.17) is 5.41 Å². The van der Waals surface area contributed by atoms with Gasteiger partial charge in [0.2, 0.25) is 0 Å². The fourth-order valence-corrected chi connectivity index (χ4v) is 2.31. The first-order valence-corrected chi connectivity index (χ1v) is 6.96. The van der Waals surface area contributed by atoms with Crippen LogP contribution < -0.4 is 5.32 Å². The third kappa shape index (κ3) is 3.04. The molecule has 0 radical (unpaired) electrons. The molecule has 4 heteroatoms. The number of nitriles is 1. The number of nitrogens with one attached hydrogen (secondary N) is 2. The molecule has 0 aliphatic heterocycles. The molecule has 2 N–H and O–H groups in total. The normalized spacial score (nSPS) is 10.9. The summed E-state index contributed by atoms with van der Waals surface area (Å²) in [6.07, 6.45) is 4.61. The van der Waals surface area contributed by atoms with E-state index >= 15 is 0 Å². The third-order valence-electron chi connectivity index (χ3n) is 3.44. The van der Waals surface area contributed by atoms with E-state index in [1.54, 1.807) is 19.4 Å². The first-order chi connectivity index (χ1) is 10.6. The van der Waals surface area contributed by atoms with Crippen molar-refractivity contribution in [3.05, 3.63) is 59.0 Å². The molecule has 0 fully saturated rings. The molecule has 0 unspecified atom stereocenters. The lowest BCUT2D eigenvalue weighted by Crippen LogP contribution is -2.01. The molecule has 2 rings (SSSR count). The molecule has 0 aliphatic carbocycles. The number of aryl methyl sites for hydroxylation is 2. The molecule has 0 bridgehead atoms. The van der Waals surface area contributed by atoms with Crippen molar-refractivity contribution in [2.75, 3.05) is 7.05 Å². The number of benzene rings is 1. The summed E-state index contributed by atoms with van der Waals surface area (Å²) < 4.78 is 0. The zero-order valence-corrected chi connectivity index (χ0v) is 12.9. The molecular formula is C18H18N4. The number of pyridine rings is 1. The van der Waals surface area contributed by atoms with Crippen LogP contribution in [0.3, 0.4) is 0 Å². The smallest absolute Gasteiger partial charge is 0.101 e. The van der Waals surface area contributed by atoms with E-state index in [9.17, 15) is 5.26 Å². The van der Waals surface area contributed by atoms with Crippen LogP contribution in [-0.4, -0.2) is 18.2 Å². The highest BCUT2D eigenvalue weighted by molar-refractivity contribution is 6.08. The third-order valence-corrected chi connectivity index (χ3v) is 3.44. The molecule has 1 aromatic heterocycles. The lowest BCUT2D eigenvalue weighted by Gasteiger charge is -2.10. The maximum Gasteiger partial charge on any atom is 0.101 e. The zero-order valence-electron chi connectivity index (χ0n) is 12.9. The van der Waals surface area contributed by atoms with Crippen molar-refractivity contribution in [2.24, 2.45) is 0 Å². The van der Waals surface area contributed by atoms with Gasteiger partial charge in [-0.2, -0.15) is 5.26 Å². The first kappa shape index (κ1) is 15.5. The van der Waals surface area contributed by atoms with Gasteiger partial charge in [-0.25, -0.2) is 0 Å². The average Bonchev–Trinajstić information content (AvgIpc) is 2.54. The number of nitrogens with zero attached hydrogens (tertiary/aromatic N) is 2. The van der Waals surface area contributed by atoms with E-state index < -0.39 is 0 Å². The molecule has 2 aromatic rings. The Hall–Kier alpha value is -2.93. The predicted octanol–water partition coefficient (Wildman–Crippen LogP) is 3.45. The van der Waals surface area contributed by atoms with Crippen molar-refractivity contribution >= 4 is 11.8 Å². The van der Waals surface area contributed by atoms with Crippen LogP contribution in [0.2, 0.25) is 0 Å². The Morgan fingerprint density at radius 3 is 2.73 bits per heavy atom. The van der Waals surface area contributed by atoms with Gasteiger partial charge in [0, 0.05) is 36.8 Å². The van der Waals surface area contributed by atoms with Crippen LogP contribution in [0.25, 0.3) is 16.7 Å². The molecule has 1 heterocycles. The summed E-state index contributed by atoms with van der Waals surface area (Å²) in [6.45, 7) is 4.08. The van der Waals surface area contributed by atoms with Gasteiger partial charge in [-0.15, -0.1) is 0 Å². The number of aromatic nitrogens is 1. The SMILES string of the molecule is CN/C=C(\C=N)c1ncc(-c2cc(C)ccc2C)cc1C#N. The van der Waals surface area contributed by atoms with Gasteiger partial charge in [0.05, 0.1) is 11.3 Å². The Balaban J connectivity index is 2.59. The minimum absolute atomic E-state index is 0.461. The second-order valence-corrected chi connectivity index (χ2v) is 5.08. The largest absolute Gasteiger partial charge is 0.393 e. The summed E-state index contributed by atoms with van der Waals surface area (Å²) >= 11 is 0. The summed E-state index contributed by atoms with van der Waals surface area (Å²) in [5, 5.41) is 19.8. The van der Waals surface area contributed by atoms with Crippen LogP contribution in [0, 0.1) is 30.6 Å². The summed E-state index contributed by atoms with van der Waals surface area (Å²) in [7, 11) is 1.75. The van der Waals surface area contributed by atoms with Crippen molar-refractivity contribution in [2.45, 2.75) is 13.8 Å². The fraction of sp³-hybridized carbons (Fsp3) is 0.167. The quantitative estimate of drug-likeness (QED) is 0.847. The molecule has 110 valence electrons. The van der Waals surface area contributed by atoms with Crippen molar-refractivity contribution < 1.29 is 0 Å². The molecule has 0 aliphatic rings. The van der Waals surface area contributed by atoms with Crippen LogP contribution in [-0.2, 0) is 0 Å². The summed E-state index contributed by atoms with van der Waals surface area (Å²) in [4.78, 5) is 4.40. The topological polar surface area (TPSA) is 72.6 Å². The van der Waals surface area contributed by atoms with E-state index in [1.165, 1.54) is 11.8 Å². The molecule has 0 spiro atoms. The summed E-state index contributed by atoms with van der Waals surface area (Å²) in [6, 6.07) is 10.2. The van der Waals surface area contributed by atoms with Crippen LogP contribution in [0.4, 0.5) is 0 Å². The van der Waals surface area contributed by atoms with Gasteiger partial charge in [0.15, 0.2) is 0 Å². The van der Waals surface area contributed by atoms with Gasteiger partial charge < -0.3 is 10.7 Å². The van der Waals surface area contributed by atoms with Crippen LogP contribution in [0.15, 0.2) is 36.7 Å². The van der Waals surface area contributed by atoms with Crippen molar-refractivity contribution in [1.29, 1.82) is 10.7 Å². The maximum atomic E-state index is 9.41. The fourth-order valence-electron chi connectivity index (χ4n) is 2.31. The van der Waals surface area contributed by atoms with Gasteiger partial charge in [-0.1, -0.05) is 23.8 Å². The van der Waals surface area contributed by atoms with Crippen molar-refractivity contribution in [3.8, 4) is 17.2 Å². The lowest BCUT2D eigenvalue weighted by molar-refractivity contribution is 1.10. The second kappa shape index (κ2) is 6.68. The second-order valence-electron chi connectivity index (χ2n) is 5.08.